The molecule has 7 atom stereocenters. The minimum absolute atomic E-state index is 0.0196. The van der Waals surface area contributed by atoms with E-state index in [1.807, 2.05) is 7.05 Å². The maximum Gasteiger partial charge on any atom is 0.409 e. The molecule has 2 unspecified atom stereocenters. The molecule has 0 bridgehead atoms. The highest BCUT2D eigenvalue weighted by Crippen LogP contribution is 2.29. The topological polar surface area (TPSA) is 108 Å². The summed E-state index contributed by atoms with van der Waals surface area (Å²) < 4.78 is 29.1. The van der Waals surface area contributed by atoms with Gasteiger partial charge in [-0.15, -0.1) is 0 Å². The first-order valence-electron chi connectivity index (χ1n) is 17.0. The van der Waals surface area contributed by atoms with Crippen molar-refractivity contribution in [3.63, 3.8) is 0 Å². The van der Waals surface area contributed by atoms with Crippen LogP contribution < -0.4 is 10.6 Å². The highest BCUT2D eigenvalue weighted by atomic mass is 16.6. The maximum atomic E-state index is 12.4. The lowest BCUT2D eigenvalue weighted by Gasteiger charge is -2.35. The molecule has 0 spiro atoms. The summed E-state index contributed by atoms with van der Waals surface area (Å²) in [5.41, 5.74) is 0.940. The number of hydrogen-bond donors (Lipinski definition) is 2. The molecule has 2 rings (SSSR count). The average molecular weight is 638 g/mol. The van der Waals surface area contributed by atoms with Crippen LogP contribution >= 0.6 is 0 Å². The number of nitrogens with zero attached hydrogens (tertiary/aromatic N) is 1. The summed E-state index contributed by atoms with van der Waals surface area (Å²) in [6.07, 6.45) is 11.4. The van der Waals surface area contributed by atoms with Crippen LogP contribution in [0.25, 0.3) is 0 Å². The van der Waals surface area contributed by atoms with Crippen molar-refractivity contribution >= 4 is 12.0 Å². The zero-order chi connectivity index (χ0) is 33.4. The van der Waals surface area contributed by atoms with E-state index in [9.17, 15) is 9.59 Å². The van der Waals surface area contributed by atoms with Gasteiger partial charge in [-0.2, -0.15) is 0 Å². The summed E-state index contributed by atoms with van der Waals surface area (Å²) in [7, 11) is 3.64. The Balaban J connectivity index is 1.67. The van der Waals surface area contributed by atoms with Gasteiger partial charge in [0.1, 0.15) is 6.61 Å². The molecule has 0 radical (unpaired) electrons. The first-order chi connectivity index (χ1) is 21.4. The van der Waals surface area contributed by atoms with Crippen molar-refractivity contribution in [3.8, 4) is 0 Å². The SMILES string of the molecule is CC[C@H](OC)C(C)OC(C)(C)C[C@H](C)/C=C/C=C(\C)[C@H]1O[C@@H](CNC(=O)CCOCCOC(=O)N2CCC(NC)C2)CC[C@@H]1C. The molecule has 10 heteroatoms. The molecule has 45 heavy (non-hydrogen) atoms. The van der Waals surface area contributed by atoms with E-state index in [2.05, 4.69) is 77.3 Å². The lowest BCUT2D eigenvalue weighted by Crippen LogP contribution is -2.41. The fourth-order valence-corrected chi connectivity index (χ4v) is 6.39. The number of hydrogen-bond acceptors (Lipinski definition) is 8. The van der Waals surface area contributed by atoms with E-state index in [1.165, 1.54) is 5.57 Å². The number of allylic oxidation sites excluding steroid dienone is 3. The number of likely N-dealkylation sites (N-methyl/N-ethyl adjacent to an activating group) is 1. The van der Waals surface area contributed by atoms with Gasteiger partial charge in [-0.05, 0) is 84.3 Å². The van der Waals surface area contributed by atoms with Crippen LogP contribution in [-0.2, 0) is 28.5 Å². The van der Waals surface area contributed by atoms with Crippen LogP contribution in [0.15, 0.2) is 23.8 Å². The van der Waals surface area contributed by atoms with Crippen molar-refractivity contribution in [1.29, 1.82) is 0 Å². The van der Waals surface area contributed by atoms with Crippen LogP contribution in [0.5, 0.6) is 0 Å². The lowest BCUT2D eigenvalue weighted by atomic mass is 9.89. The number of methoxy groups -OCH3 is 1. The summed E-state index contributed by atoms with van der Waals surface area (Å²) in [4.78, 5) is 26.2. The Bertz CT molecular complexity index is 936. The Morgan fingerprint density at radius 2 is 1.89 bits per heavy atom. The molecular formula is C35H63N3O7. The molecule has 2 heterocycles. The molecule has 2 fully saturated rings. The predicted molar refractivity (Wildman–Crippen MR) is 178 cm³/mol. The van der Waals surface area contributed by atoms with Gasteiger partial charge in [0, 0.05) is 39.2 Å². The van der Waals surface area contributed by atoms with E-state index in [-0.39, 0.29) is 68.3 Å². The van der Waals surface area contributed by atoms with Crippen LogP contribution in [0.3, 0.4) is 0 Å². The summed E-state index contributed by atoms with van der Waals surface area (Å²) in [5, 5.41) is 6.17. The zero-order valence-corrected chi connectivity index (χ0v) is 29.6. The molecule has 0 aromatic heterocycles. The number of nitrogens with one attached hydrogen (secondary N) is 2. The predicted octanol–water partition coefficient (Wildman–Crippen LogP) is 5.26. The van der Waals surface area contributed by atoms with Crippen LogP contribution in [-0.4, -0.2) is 107 Å². The molecule has 0 aromatic rings. The molecule has 0 aromatic carbocycles. The number of ether oxygens (including phenoxy) is 5. The Morgan fingerprint density at radius 3 is 2.56 bits per heavy atom. The monoisotopic (exact) mass is 637 g/mol. The Kier molecular flexibility index (Phi) is 17.7. The maximum absolute atomic E-state index is 12.4. The third kappa shape index (κ3) is 14.5. The molecule has 2 aliphatic heterocycles. The smallest absolute Gasteiger partial charge is 0.409 e. The fourth-order valence-electron chi connectivity index (χ4n) is 6.39. The number of carbonyl (C=O) groups excluding carboxylic acids is 2. The molecule has 2 aliphatic rings. The summed E-state index contributed by atoms with van der Waals surface area (Å²) >= 11 is 0. The van der Waals surface area contributed by atoms with E-state index < -0.39 is 0 Å². The second kappa shape index (κ2) is 20.3. The van der Waals surface area contributed by atoms with Gasteiger partial charge in [0.25, 0.3) is 0 Å². The van der Waals surface area contributed by atoms with Crippen LogP contribution in [0, 0.1) is 11.8 Å². The van der Waals surface area contributed by atoms with Gasteiger partial charge in [-0.3, -0.25) is 4.79 Å². The Morgan fingerprint density at radius 1 is 1.13 bits per heavy atom. The second-order valence-corrected chi connectivity index (χ2v) is 13.5. The van der Waals surface area contributed by atoms with E-state index in [0.29, 0.717) is 37.5 Å². The molecule has 0 saturated carbocycles. The second-order valence-electron chi connectivity index (χ2n) is 13.5. The van der Waals surface area contributed by atoms with Gasteiger partial charge in [0.05, 0.1) is 43.2 Å². The zero-order valence-electron chi connectivity index (χ0n) is 29.6. The number of likely N-dealkylation sites (tertiary alicyclic amines) is 1. The van der Waals surface area contributed by atoms with Crippen molar-refractivity contribution in [2.75, 3.05) is 53.6 Å². The molecule has 10 nitrogen and oxygen atoms in total. The van der Waals surface area contributed by atoms with Gasteiger partial charge in [-0.1, -0.05) is 39.0 Å². The van der Waals surface area contributed by atoms with Gasteiger partial charge >= 0.3 is 6.09 Å². The number of rotatable bonds is 19. The highest BCUT2D eigenvalue weighted by Gasteiger charge is 2.30. The quantitative estimate of drug-likeness (QED) is 0.146. The van der Waals surface area contributed by atoms with Gasteiger partial charge in [0.15, 0.2) is 0 Å². The van der Waals surface area contributed by atoms with Crippen LogP contribution in [0.4, 0.5) is 4.79 Å². The molecule has 260 valence electrons. The van der Waals surface area contributed by atoms with Gasteiger partial charge in [-0.25, -0.2) is 4.79 Å². The first-order valence-corrected chi connectivity index (χ1v) is 17.0. The number of carbonyl (C=O) groups is 2. The highest BCUT2D eigenvalue weighted by molar-refractivity contribution is 5.75. The molecule has 0 aliphatic carbocycles. The van der Waals surface area contributed by atoms with E-state index >= 15 is 0 Å². The third-order valence-electron chi connectivity index (χ3n) is 8.90. The third-order valence-corrected chi connectivity index (χ3v) is 8.90. The van der Waals surface area contributed by atoms with Gasteiger partial charge < -0.3 is 39.2 Å². The Labute approximate surface area is 273 Å². The normalized spacial score (nSPS) is 24.9. The molecular weight excluding hydrogens is 574 g/mol. The van der Waals surface area contributed by atoms with Gasteiger partial charge in [0.2, 0.25) is 5.91 Å². The van der Waals surface area contributed by atoms with Crippen molar-refractivity contribution in [2.45, 2.75) is 123 Å². The largest absolute Gasteiger partial charge is 0.447 e. The first kappa shape index (κ1) is 39.2. The van der Waals surface area contributed by atoms with E-state index in [1.54, 1.807) is 12.0 Å². The molecule has 2 N–H and O–H groups in total. The average Bonchev–Trinajstić information content (AvgIpc) is 3.48. The Hall–Kier alpha value is -1.98. The van der Waals surface area contributed by atoms with Crippen LogP contribution in [0.1, 0.15) is 87.0 Å². The minimum atomic E-state index is -0.312. The van der Waals surface area contributed by atoms with Crippen molar-refractivity contribution < 1.29 is 33.3 Å². The summed E-state index contributed by atoms with van der Waals surface area (Å²) in [6.45, 7) is 17.7. The van der Waals surface area contributed by atoms with E-state index in [0.717, 1.165) is 32.1 Å². The fraction of sp³-hybridized carbons (Fsp3) is 0.829. The minimum Gasteiger partial charge on any atom is -0.447 e. The van der Waals surface area contributed by atoms with Crippen molar-refractivity contribution in [3.05, 3.63) is 23.8 Å². The van der Waals surface area contributed by atoms with Crippen molar-refractivity contribution in [1.82, 2.24) is 15.5 Å². The summed E-state index contributed by atoms with van der Waals surface area (Å²) in [6, 6.07) is 0.325. The lowest BCUT2D eigenvalue weighted by molar-refractivity contribution is -0.125. The summed E-state index contributed by atoms with van der Waals surface area (Å²) in [5.74, 6) is 0.698. The van der Waals surface area contributed by atoms with E-state index in [4.69, 9.17) is 23.7 Å². The van der Waals surface area contributed by atoms with Crippen LogP contribution in [0.2, 0.25) is 0 Å². The molecule has 2 amide bonds. The molecule has 2 saturated heterocycles. The number of amides is 2. The van der Waals surface area contributed by atoms with Crippen molar-refractivity contribution in [2.24, 2.45) is 11.8 Å². The standard InChI is InChI=1S/C35H63N3O7/c1-10-31(41-9)28(5)45-35(6,7)22-25(2)12-11-13-26(3)33-27(4)14-15-30(44-33)23-37-32(39)17-19-42-20-21-43-34(40)38-18-16-29(24-38)36-8/h11-13,25,27-31,33,36H,10,14-24H2,1-9H3,(H,37,39)/b12-11+,26-13+/t25-,27+,28?,29?,30-,31+,33-/m1/s1.